The average Bonchev–Trinajstić information content (AvgIpc) is 3.38. The second-order valence-electron chi connectivity index (χ2n) is 8.05. The van der Waals surface area contributed by atoms with Gasteiger partial charge in [0.2, 0.25) is 6.79 Å². The van der Waals surface area contributed by atoms with Gasteiger partial charge in [-0.1, -0.05) is 19.9 Å². The predicted octanol–water partition coefficient (Wildman–Crippen LogP) is 2.78. The monoisotopic (exact) mass is 554 g/mol. The molecule has 4 rings (SSSR count). The van der Waals surface area contributed by atoms with Crippen LogP contribution in [-0.4, -0.2) is 65.6 Å². The number of nitrogens with one attached hydrogen (secondary N) is 1. The summed E-state index contributed by atoms with van der Waals surface area (Å²) in [7, 11) is 3.90. The van der Waals surface area contributed by atoms with E-state index < -0.39 is 0 Å². The summed E-state index contributed by atoms with van der Waals surface area (Å²) in [5, 5.41) is 8.27. The van der Waals surface area contributed by atoms with Gasteiger partial charge in [0.15, 0.2) is 17.5 Å². The lowest BCUT2D eigenvalue weighted by Crippen LogP contribution is -2.52. The molecule has 2 aliphatic rings. The summed E-state index contributed by atoms with van der Waals surface area (Å²) in [6, 6.07) is 6.23. The number of rotatable bonds is 6. The first-order valence-electron chi connectivity index (χ1n) is 11.2. The van der Waals surface area contributed by atoms with Gasteiger partial charge in [0.05, 0.1) is 5.69 Å². The van der Waals surface area contributed by atoms with E-state index in [1.54, 1.807) is 0 Å². The fourth-order valence-electron chi connectivity index (χ4n) is 4.51. The van der Waals surface area contributed by atoms with Crippen molar-refractivity contribution in [2.45, 2.75) is 39.8 Å². The number of aliphatic imine (C=N–C) groups is 1. The molecule has 2 aliphatic heterocycles. The number of piperazine rings is 1. The van der Waals surface area contributed by atoms with Gasteiger partial charge in [-0.3, -0.25) is 14.6 Å². The van der Waals surface area contributed by atoms with Crippen LogP contribution >= 0.6 is 24.0 Å². The summed E-state index contributed by atoms with van der Waals surface area (Å²) >= 11 is 0. The highest BCUT2D eigenvalue weighted by atomic mass is 127. The molecule has 0 atom stereocenters. The summed E-state index contributed by atoms with van der Waals surface area (Å²) in [4.78, 5) is 9.38. The van der Waals surface area contributed by atoms with Gasteiger partial charge in [-0.2, -0.15) is 5.10 Å². The fraction of sp³-hybridized carbons (Fsp3) is 0.565. The van der Waals surface area contributed by atoms with Crippen molar-refractivity contribution in [2.24, 2.45) is 12.0 Å². The van der Waals surface area contributed by atoms with Crippen molar-refractivity contribution in [1.29, 1.82) is 0 Å². The minimum absolute atomic E-state index is 0. The number of hydrogen-bond donors (Lipinski definition) is 1. The van der Waals surface area contributed by atoms with E-state index >= 15 is 0 Å². The van der Waals surface area contributed by atoms with E-state index in [9.17, 15) is 0 Å². The molecule has 1 aromatic heterocycles. The summed E-state index contributed by atoms with van der Waals surface area (Å²) < 4.78 is 12.9. The summed E-state index contributed by atoms with van der Waals surface area (Å²) in [6.45, 7) is 10.3. The fourth-order valence-corrected chi connectivity index (χ4v) is 4.51. The van der Waals surface area contributed by atoms with Crippen molar-refractivity contribution >= 4 is 29.9 Å². The second kappa shape index (κ2) is 11.2. The van der Waals surface area contributed by atoms with E-state index in [4.69, 9.17) is 9.47 Å². The van der Waals surface area contributed by atoms with Crippen LogP contribution in [0.4, 0.5) is 0 Å². The molecular weight excluding hydrogens is 519 g/mol. The number of fused-ring (bicyclic) bond motifs is 1. The molecule has 0 unspecified atom stereocenters. The molecule has 1 fully saturated rings. The molecular formula is C23H35IN6O2. The van der Waals surface area contributed by atoms with E-state index in [-0.39, 0.29) is 24.0 Å². The maximum Gasteiger partial charge on any atom is 0.231 e. The van der Waals surface area contributed by atoms with Gasteiger partial charge in [0.25, 0.3) is 0 Å². The summed E-state index contributed by atoms with van der Waals surface area (Å²) in [5.41, 5.74) is 5.05. The molecule has 8 nitrogen and oxygen atoms in total. The molecule has 0 spiro atoms. The zero-order valence-electron chi connectivity index (χ0n) is 19.6. The zero-order valence-corrected chi connectivity index (χ0v) is 21.9. The molecule has 1 aromatic carbocycles. The first-order chi connectivity index (χ1) is 15.1. The molecule has 1 saturated heterocycles. The van der Waals surface area contributed by atoms with Crippen LogP contribution in [0.25, 0.3) is 0 Å². The van der Waals surface area contributed by atoms with Gasteiger partial charge in [0, 0.05) is 64.6 Å². The number of halogens is 1. The Labute approximate surface area is 208 Å². The Morgan fingerprint density at radius 1 is 1.09 bits per heavy atom. The molecule has 0 amide bonds. The maximum atomic E-state index is 5.51. The SMILES string of the molecule is CCc1nn(C)c(CC)c1CNC(=NC)N1CCN(Cc2ccc3c(c2)OCO3)CC1.I. The van der Waals surface area contributed by atoms with Crippen molar-refractivity contribution in [3.05, 3.63) is 40.7 Å². The highest BCUT2D eigenvalue weighted by Gasteiger charge is 2.22. The standard InChI is InChI=1S/C23H34N6O2.HI/c1-5-19-18(20(6-2)27(4)26-19)14-25-23(24-3)29-11-9-28(10-12-29)15-17-7-8-21-22(13-17)31-16-30-21;/h7-8,13H,5-6,9-12,14-16H2,1-4H3,(H,24,25);1H. The molecule has 32 heavy (non-hydrogen) atoms. The topological polar surface area (TPSA) is 67.2 Å². The minimum atomic E-state index is 0. The Kier molecular flexibility index (Phi) is 8.64. The molecule has 0 radical (unpaired) electrons. The Morgan fingerprint density at radius 2 is 1.84 bits per heavy atom. The Hall–Kier alpha value is -2.01. The molecule has 0 bridgehead atoms. The van der Waals surface area contributed by atoms with Crippen molar-refractivity contribution in [3.63, 3.8) is 0 Å². The molecule has 176 valence electrons. The Morgan fingerprint density at radius 3 is 2.53 bits per heavy atom. The van der Waals surface area contributed by atoms with Crippen LogP contribution in [0.1, 0.15) is 36.4 Å². The molecule has 1 N–H and O–H groups in total. The number of hydrogen-bond acceptors (Lipinski definition) is 5. The van der Waals surface area contributed by atoms with Gasteiger partial charge in [-0.05, 0) is 30.5 Å². The Balaban J connectivity index is 0.00000289. The number of nitrogens with zero attached hydrogens (tertiary/aromatic N) is 5. The van der Waals surface area contributed by atoms with Gasteiger partial charge in [-0.15, -0.1) is 24.0 Å². The lowest BCUT2D eigenvalue weighted by Gasteiger charge is -2.36. The van der Waals surface area contributed by atoms with Gasteiger partial charge >= 0.3 is 0 Å². The smallest absolute Gasteiger partial charge is 0.231 e. The van der Waals surface area contributed by atoms with E-state index in [1.807, 2.05) is 24.8 Å². The van der Waals surface area contributed by atoms with Crippen LogP contribution in [0.15, 0.2) is 23.2 Å². The lowest BCUT2D eigenvalue weighted by molar-refractivity contribution is 0.171. The van der Waals surface area contributed by atoms with E-state index in [1.165, 1.54) is 22.5 Å². The van der Waals surface area contributed by atoms with Crippen molar-refractivity contribution in [3.8, 4) is 11.5 Å². The third-order valence-electron chi connectivity index (χ3n) is 6.18. The molecule has 3 heterocycles. The molecule has 9 heteroatoms. The normalized spacial score (nSPS) is 16.2. The first-order valence-corrected chi connectivity index (χ1v) is 11.2. The Bertz CT molecular complexity index is 937. The third-order valence-corrected chi connectivity index (χ3v) is 6.18. The molecule has 0 aliphatic carbocycles. The number of aromatic nitrogens is 2. The molecule has 2 aromatic rings. The average molecular weight is 554 g/mol. The summed E-state index contributed by atoms with van der Waals surface area (Å²) in [6.07, 6.45) is 1.93. The van der Waals surface area contributed by atoms with E-state index in [0.717, 1.165) is 69.6 Å². The van der Waals surface area contributed by atoms with Crippen molar-refractivity contribution in [1.82, 2.24) is 24.9 Å². The van der Waals surface area contributed by atoms with Gasteiger partial charge in [-0.25, -0.2) is 0 Å². The zero-order chi connectivity index (χ0) is 21.8. The van der Waals surface area contributed by atoms with Crippen LogP contribution < -0.4 is 14.8 Å². The number of benzene rings is 1. The molecule has 0 saturated carbocycles. The van der Waals surface area contributed by atoms with E-state index in [0.29, 0.717) is 6.79 Å². The maximum absolute atomic E-state index is 5.51. The minimum Gasteiger partial charge on any atom is -0.454 e. The van der Waals surface area contributed by atoms with Crippen LogP contribution in [0.5, 0.6) is 11.5 Å². The number of ether oxygens (including phenoxy) is 2. The summed E-state index contributed by atoms with van der Waals surface area (Å²) in [5.74, 6) is 2.67. The quantitative estimate of drug-likeness (QED) is 0.337. The number of guanidine groups is 1. The van der Waals surface area contributed by atoms with E-state index in [2.05, 4.69) is 51.2 Å². The van der Waals surface area contributed by atoms with Crippen LogP contribution in [-0.2, 0) is 33.0 Å². The largest absolute Gasteiger partial charge is 0.454 e. The van der Waals surface area contributed by atoms with Crippen LogP contribution in [0.3, 0.4) is 0 Å². The van der Waals surface area contributed by atoms with Gasteiger partial charge < -0.3 is 19.7 Å². The second-order valence-corrected chi connectivity index (χ2v) is 8.05. The van der Waals surface area contributed by atoms with Crippen molar-refractivity contribution in [2.75, 3.05) is 40.0 Å². The van der Waals surface area contributed by atoms with Gasteiger partial charge in [0.1, 0.15) is 0 Å². The lowest BCUT2D eigenvalue weighted by atomic mass is 10.1. The highest BCUT2D eigenvalue weighted by Crippen LogP contribution is 2.32. The van der Waals surface area contributed by atoms with Crippen LogP contribution in [0.2, 0.25) is 0 Å². The van der Waals surface area contributed by atoms with Crippen LogP contribution in [0, 0.1) is 0 Å². The first kappa shape index (κ1) is 24.6. The number of aryl methyl sites for hydroxylation is 2. The third kappa shape index (κ3) is 5.31. The van der Waals surface area contributed by atoms with Crippen molar-refractivity contribution < 1.29 is 9.47 Å². The predicted molar refractivity (Wildman–Crippen MR) is 137 cm³/mol. The highest BCUT2D eigenvalue weighted by molar-refractivity contribution is 14.0.